The van der Waals surface area contributed by atoms with Gasteiger partial charge in [-0.3, -0.25) is 0 Å². The molecule has 13 heavy (non-hydrogen) atoms. The Morgan fingerprint density at radius 1 is 1.38 bits per heavy atom. The Bertz CT molecular complexity index is 242. The summed E-state index contributed by atoms with van der Waals surface area (Å²) in [6.45, 7) is 5.68. The summed E-state index contributed by atoms with van der Waals surface area (Å²) >= 11 is 0. The number of nitrogens with zero attached hydrogens (tertiary/aromatic N) is 3. The third-order valence-corrected chi connectivity index (χ3v) is 1.12. The number of aliphatic hydroxyl groups is 1. The van der Waals surface area contributed by atoms with E-state index in [0.29, 0.717) is 0 Å². The summed E-state index contributed by atoms with van der Waals surface area (Å²) in [5, 5.41) is 7.98. The average molecular weight is 181 g/mol. The molecule has 4 heteroatoms. The fourth-order valence-electron chi connectivity index (χ4n) is 0.446. The normalized spacial score (nSPS) is 8.23. The Labute approximate surface area is 78.4 Å². The molecule has 0 atom stereocenters. The van der Waals surface area contributed by atoms with Crippen LogP contribution in [0.3, 0.4) is 0 Å². The molecule has 4 nitrogen and oxygen atoms in total. The van der Waals surface area contributed by atoms with Gasteiger partial charge in [0.2, 0.25) is 0 Å². The number of hydrogen-bond acceptors (Lipinski definition) is 4. The van der Waals surface area contributed by atoms with Crippen molar-refractivity contribution in [3.8, 4) is 0 Å². The van der Waals surface area contributed by atoms with Crippen LogP contribution in [0.25, 0.3) is 0 Å². The molecule has 0 aromatic carbocycles. The minimum Gasteiger partial charge on any atom is -0.516 e. The SMILES string of the molecule is CC(C)=CO.CCc1ncncn1. The van der Waals surface area contributed by atoms with Crippen molar-refractivity contribution in [1.29, 1.82) is 0 Å². The van der Waals surface area contributed by atoms with Crippen LogP contribution in [0.1, 0.15) is 26.6 Å². The van der Waals surface area contributed by atoms with E-state index in [9.17, 15) is 0 Å². The van der Waals surface area contributed by atoms with Gasteiger partial charge in [-0.2, -0.15) is 0 Å². The standard InChI is InChI=1S/C5H7N3.C4H8O/c1-2-5-7-3-6-4-8-5;1-4(2)3-5/h3-4H,2H2,1H3;3,5H,1-2H3. The van der Waals surface area contributed by atoms with Crippen molar-refractivity contribution in [2.75, 3.05) is 0 Å². The second-order valence-electron chi connectivity index (χ2n) is 2.61. The van der Waals surface area contributed by atoms with Gasteiger partial charge in [-0.15, -0.1) is 0 Å². The number of aromatic nitrogens is 3. The molecule has 1 rings (SSSR count). The third-order valence-electron chi connectivity index (χ3n) is 1.12. The van der Waals surface area contributed by atoms with Crippen molar-refractivity contribution in [3.05, 3.63) is 30.3 Å². The fraction of sp³-hybridized carbons (Fsp3) is 0.444. The minimum atomic E-state index is 0.847. The lowest BCUT2D eigenvalue weighted by Crippen LogP contribution is -1.90. The lowest BCUT2D eigenvalue weighted by Gasteiger charge is -1.87. The lowest BCUT2D eigenvalue weighted by molar-refractivity contribution is 0.467. The maximum Gasteiger partial charge on any atom is 0.131 e. The summed E-state index contributed by atoms with van der Waals surface area (Å²) in [4.78, 5) is 11.4. The smallest absolute Gasteiger partial charge is 0.131 e. The number of hydrogen-bond donors (Lipinski definition) is 1. The Morgan fingerprint density at radius 2 is 1.85 bits per heavy atom. The van der Waals surface area contributed by atoms with E-state index in [2.05, 4.69) is 15.0 Å². The summed E-state index contributed by atoms with van der Waals surface area (Å²) in [6.07, 6.45) is 4.97. The van der Waals surface area contributed by atoms with E-state index in [4.69, 9.17) is 5.11 Å². The van der Waals surface area contributed by atoms with Gasteiger partial charge in [-0.1, -0.05) is 6.92 Å². The highest BCUT2D eigenvalue weighted by molar-refractivity contribution is 4.84. The van der Waals surface area contributed by atoms with Crippen LogP contribution in [-0.4, -0.2) is 20.1 Å². The van der Waals surface area contributed by atoms with Crippen LogP contribution in [-0.2, 0) is 6.42 Å². The topological polar surface area (TPSA) is 58.9 Å². The molecule has 1 N–H and O–H groups in total. The van der Waals surface area contributed by atoms with Crippen molar-refractivity contribution in [3.63, 3.8) is 0 Å². The average Bonchev–Trinajstić information content (AvgIpc) is 2.20. The van der Waals surface area contributed by atoms with E-state index in [1.54, 1.807) is 0 Å². The van der Waals surface area contributed by atoms with Crippen LogP contribution in [0, 0.1) is 0 Å². The quantitative estimate of drug-likeness (QED) is 0.672. The van der Waals surface area contributed by atoms with Crippen LogP contribution >= 0.6 is 0 Å². The summed E-state index contributed by atoms with van der Waals surface area (Å²) in [5.41, 5.74) is 0.935. The van der Waals surface area contributed by atoms with Crippen LogP contribution in [0.2, 0.25) is 0 Å². The highest BCUT2D eigenvalue weighted by Crippen LogP contribution is 1.82. The van der Waals surface area contributed by atoms with Crippen molar-refractivity contribution in [2.45, 2.75) is 27.2 Å². The molecule has 1 aromatic heterocycles. The van der Waals surface area contributed by atoms with Crippen molar-refractivity contribution < 1.29 is 5.11 Å². The largest absolute Gasteiger partial charge is 0.516 e. The molecular weight excluding hydrogens is 166 g/mol. The predicted octanol–water partition coefficient (Wildman–Crippen LogP) is 1.90. The Morgan fingerprint density at radius 3 is 2.08 bits per heavy atom. The third kappa shape index (κ3) is 6.93. The second kappa shape index (κ2) is 7.21. The maximum atomic E-state index is 7.98. The zero-order valence-corrected chi connectivity index (χ0v) is 8.23. The monoisotopic (exact) mass is 181 g/mol. The summed E-state index contributed by atoms with van der Waals surface area (Å²) in [6, 6.07) is 0. The molecule has 0 spiro atoms. The maximum absolute atomic E-state index is 7.98. The highest BCUT2D eigenvalue weighted by Gasteiger charge is 1.84. The molecule has 0 radical (unpaired) electrons. The van der Waals surface area contributed by atoms with Crippen LogP contribution in [0.15, 0.2) is 24.5 Å². The molecule has 72 valence electrons. The predicted molar refractivity (Wildman–Crippen MR) is 51.3 cm³/mol. The molecule has 1 aromatic rings. The van der Waals surface area contributed by atoms with Crippen molar-refractivity contribution in [1.82, 2.24) is 15.0 Å². The fourth-order valence-corrected chi connectivity index (χ4v) is 0.446. The van der Waals surface area contributed by atoms with Gasteiger partial charge in [0, 0.05) is 6.42 Å². The summed E-state index contributed by atoms with van der Waals surface area (Å²) in [5.74, 6) is 0.847. The first-order chi connectivity index (χ1) is 6.20. The van der Waals surface area contributed by atoms with Crippen LogP contribution in [0.4, 0.5) is 0 Å². The van der Waals surface area contributed by atoms with Gasteiger partial charge in [0.1, 0.15) is 18.5 Å². The summed E-state index contributed by atoms with van der Waals surface area (Å²) in [7, 11) is 0. The first-order valence-electron chi connectivity index (χ1n) is 4.09. The zero-order chi connectivity index (χ0) is 10.1. The lowest BCUT2D eigenvalue weighted by atomic mass is 10.4. The molecule has 0 fully saturated rings. The number of allylic oxidation sites excluding steroid dienone is 1. The molecular formula is C9H15N3O. The van der Waals surface area contributed by atoms with Gasteiger partial charge in [-0.25, -0.2) is 15.0 Å². The van der Waals surface area contributed by atoms with Gasteiger partial charge in [0.05, 0.1) is 6.26 Å². The Balaban J connectivity index is 0.000000252. The first-order valence-corrected chi connectivity index (χ1v) is 4.09. The summed E-state index contributed by atoms with van der Waals surface area (Å²) < 4.78 is 0. The molecule has 0 saturated heterocycles. The second-order valence-corrected chi connectivity index (χ2v) is 2.61. The molecule has 0 amide bonds. The minimum absolute atomic E-state index is 0.847. The number of aliphatic hydroxyl groups excluding tert-OH is 1. The molecule has 0 unspecified atom stereocenters. The van der Waals surface area contributed by atoms with Gasteiger partial charge < -0.3 is 5.11 Å². The zero-order valence-electron chi connectivity index (χ0n) is 8.23. The first kappa shape index (κ1) is 11.6. The van der Waals surface area contributed by atoms with Gasteiger partial charge >= 0.3 is 0 Å². The molecule has 0 bridgehead atoms. The van der Waals surface area contributed by atoms with E-state index >= 15 is 0 Å². The van der Waals surface area contributed by atoms with Gasteiger partial charge in [-0.05, 0) is 19.4 Å². The van der Waals surface area contributed by atoms with Crippen molar-refractivity contribution >= 4 is 0 Å². The molecule has 0 aliphatic rings. The Kier molecular flexibility index (Phi) is 6.41. The van der Waals surface area contributed by atoms with E-state index in [0.717, 1.165) is 24.1 Å². The van der Waals surface area contributed by atoms with E-state index in [-0.39, 0.29) is 0 Å². The van der Waals surface area contributed by atoms with Gasteiger partial charge in [0.15, 0.2) is 0 Å². The molecule has 0 aliphatic carbocycles. The van der Waals surface area contributed by atoms with Crippen LogP contribution < -0.4 is 0 Å². The van der Waals surface area contributed by atoms with E-state index in [1.165, 1.54) is 12.7 Å². The number of rotatable bonds is 1. The van der Waals surface area contributed by atoms with E-state index in [1.807, 2.05) is 20.8 Å². The highest BCUT2D eigenvalue weighted by atomic mass is 16.2. The molecule has 0 aliphatic heterocycles. The van der Waals surface area contributed by atoms with Crippen LogP contribution in [0.5, 0.6) is 0 Å². The molecule has 1 heterocycles. The van der Waals surface area contributed by atoms with Gasteiger partial charge in [0.25, 0.3) is 0 Å². The van der Waals surface area contributed by atoms with E-state index < -0.39 is 0 Å². The van der Waals surface area contributed by atoms with Crippen molar-refractivity contribution in [2.24, 2.45) is 0 Å². The Hall–Kier alpha value is -1.45. The number of aryl methyl sites for hydroxylation is 1. The molecule has 0 saturated carbocycles.